The van der Waals surface area contributed by atoms with Crippen molar-refractivity contribution in [1.82, 2.24) is 4.98 Å². The van der Waals surface area contributed by atoms with Crippen molar-refractivity contribution < 1.29 is 14.7 Å². The van der Waals surface area contributed by atoms with Crippen LogP contribution >= 0.6 is 11.3 Å². The molecule has 6 heteroatoms. The predicted molar refractivity (Wildman–Crippen MR) is 64.2 cm³/mol. The Morgan fingerprint density at radius 3 is 2.82 bits per heavy atom. The molecule has 1 aromatic heterocycles. The number of hydrogen-bond donors (Lipinski definition) is 2. The molecule has 2 rings (SSSR count). The number of carboxylic acids is 1. The van der Waals surface area contributed by atoms with Crippen LogP contribution in [0.25, 0.3) is 0 Å². The van der Waals surface area contributed by atoms with Crippen LogP contribution in [-0.4, -0.2) is 22.0 Å². The number of aliphatic carboxylic acids is 1. The Bertz CT molecular complexity index is 479. The van der Waals surface area contributed by atoms with Crippen molar-refractivity contribution >= 4 is 28.3 Å². The van der Waals surface area contributed by atoms with Gasteiger partial charge in [-0.3, -0.25) is 10.1 Å². The average molecular weight is 254 g/mol. The summed E-state index contributed by atoms with van der Waals surface area (Å²) < 4.78 is 0. The van der Waals surface area contributed by atoms with E-state index in [1.165, 1.54) is 11.3 Å². The summed E-state index contributed by atoms with van der Waals surface area (Å²) in [5.41, 5.74) is 1.25. The molecule has 0 saturated carbocycles. The number of carbonyl (C=O) groups excluding carboxylic acids is 1. The Kier molecular flexibility index (Phi) is 2.91. The highest BCUT2D eigenvalue weighted by Crippen LogP contribution is 2.38. The molecule has 5 nitrogen and oxygen atoms in total. The molecule has 0 radical (unpaired) electrons. The Morgan fingerprint density at radius 2 is 2.18 bits per heavy atom. The van der Waals surface area contributed by atoms with E-state index in [9.17, 15) is 9.59 Å². The zero-order chi connectivity index (χ0) is 12.6. The first-order chi connectivity index (χ1) is 7.87. The molecule has 0 aliphatic heterocycles. The van der Waals surface area contributed by atoms with Crippen LogP contribution in [0.4, 0.5) is 5.13 Å². The third-order valence-electron chi connectivity index (χ3n) is 2.87. The van der Waals surface area contributed by atoms with Gasteiger partial charge < -0.3 is 5.11 Å². The number of nitrogens with one attached hydrogen (secondary N) is 1. The van der Waals surface area contributed by atoms with Gasteiger partial charge in [0.2, 0.25) is 0 Å². The fourth-order valence-electron chi connectivity index (χ4n) is 1.90. The molecule has 17 heavy (non-hydrogen) atoms. The number of thiazole rings is 1. The maximum absolute atomic E-state index is 11.0. The van der Waals surface area contributed by atoms with Gasteiger partial charge in [0.05, 0.1) is 5.69 Å². The largest absolute Gasteiger partial charge is 0.474 e. The minimum Gasteiger partial charge on any atom is -0.474 e. The summed E-state index contributed by atoms with van der Waals surface area (Å²) >= 11 is 1.38. The van der Waals surface area contributed by atoms with Crippen molar-refractivity contribution in [3.05, 3.63) is 10.6 Å². The lowest BCUT2D eigenvalue weighted by molar-refractivity contribution is -0.147. The van der Waals surface area contributed by atoms with E-state index in [2.05, 4.69) is 24.1 Å². The van der Waals surface area contributed by atoms with Gasteiger partial charge in [-0.1, -0.05) is 13.8 Å². The molecule has 0 aromatic carbocycles. The maximum Gasteiger partial charge on any atom is 0.394 e. The SMILES string of the molecule is CC1(C)CCc2nc(NC(=O)C(=O)O)sc2C1. The number of anilines is 1. The number of amides is 1. The Labute approximate surface area is 103 Å². The number of carbonyl (C=O) groups is 2. The topological polar surface area (TPSA) is 79.3 Å². The molecule has 0 spiro atoms. The molecule has 0 unspecified atom stereocenters. The van der Waals surface area contributed by atoms with Crippen LogP contribution in [0.5, 0.6) is 0 Å². The summed E-state index contributed by atoms with van der Waals surface area (Å²) in [5, 5.41) is 11.2. The molecule has 1 amide bonds. The number of fused-ring (bicyclic) bond motifs is 1. The van der Waals surface area contributed by atoms with Gasteiger partial charge in [0.25, 0.3) is 0 Å². The van der Waals surface area contributed by atoms with Crippen molar-refractivity contribution in [2.75, 3.05) is 5.32 Å². The number of rotatable bonds is 1. The van der Waals surface area contributed by atoms with Gasteiger partial charge in [-0.2, -0.15) is 0 Å². The first-order valence-corrected chi connectivity index (χ1v) is 6.22. The summed E-state index contributed by atoms with van der Waals surface area (Å²) in [6.07, 6.45) is 2.89. The fourth-order valence-corrected chi connectivity index (χ4v) is 3.16. The zero-order valence-electron chi connectivity index (χ0n) is 9.74. The highest BCUT2D eigenvalue weighted by atomic mass is 32.1. The second kappa shape index (κ2) is 4.10. The average Bonchev–Trinajstić information content (AvgIpc) is 2.57. The van der Waals surface area contributed by atoms with Crippen molar-refractivity contribution in [3.8, 4) is 0 Å². The van der Waals surface area contributed by atoms with E-state index in [1.54, 1.807) is 0 Å². The van der Waals surface area contributed by atoms with Crippen molar-refractivity contribution in [2.45, 2.75) is 33.1 Å². The standard InChI is InChI=1S/C11H14N2O3S/c1-11(2)4-3-6-7(5-11)17-10(12-6)13-8(14)9(15)16/h3-5H2,1-2H3,(H,15,16)(H,12,13,14). The van der Waals surface area contributed by atoms with Crippen LogP contribution in [0.2, 0.25) is 0 Å². The first-order valence-electron chi connectivity index (χ1n) is 5.40. The molecule has 1 heterocycles. The number of carboxylic acid groups (broad SMARTS) is 1. The van der Waals surface area contributed by atoms with Crippen LogP contribution < -0.4 is 5.32 Å². The monoisotopic (exact) mass is 254 g/mol. The predicted octanol–water partition coefficient (Wildman–Crippen LogP) is 1.68. The summed E-state index contributed by atoms with van der Waals surface area (Å²) in [5.74, 6) is -2.52. The lowest BCUT2D eigenvalue weighted by Crippen LogP contribution is -2.21. The van der Waals surface area contributed by atoms with Crippen LogP contribution in [0.1, 0.15) is 30.8 Å². The molecular formula is C11H14N2O3S. The van der Waals surface area contributed by atoms with Gasteiger partial charge in [0.15, 0.2) is 5.13 Å². The van der Waals surface area contributed by atoms with E-state index in [-0.39, 0.29) is 5.41 Å². The van der Waals surface area contributed by atoms with E-state index < -0.39 is 11.9 Å². The third-order valence-corrected chi connectivity index (χ3v) is 3.88. The lowest BCUT2D eigenvalue weighted by atomic mass is 9.79. The summed E-state index contributed by atoms with van der Waals surface area (Å²) in [6.45, 7) is 4.40. The normalized spacial score (nSPS) is 17.3. The van der Waals surface area contributed by atoms with Crippen molar-refractivity contribution in [1.29, 1.82) is 0 Å². The molecule has 0 atom stereocenters. The van der Waals surface area contributed by atoms with E-state index in [4.69, 9.17) is 5.11 Å². The Hall–Kier alpha value is -1.43. The highest BCUT2D eigenvalue weighted by Gasteiger charge is 2.28. The number of aromatic nitrogens is 1. The molecule has 0 saturated heterocycles. The quantitative estimate of drug-likeness (QED) is 0.747. The van der Waals surface area contributed by atoms with Gasteiger partial charge in [-0.15, -0.1) is 11.3 Å². The van der Waals surface area contributed by atoms with Gasteiger partial charge in [-0.05, 0) is 24.7 Å². The summed E-state index contributed by atoms with van der Waals surface area (Å²) in [4.78, 5) is 26.8. The second-order valence-corrected chi connectivity index (χ2v) is 6.07. The molecule has 1 aliphatic rings. The smallest absolute Gasteiger partial charge is 0.394 e. The van der Waals surface area contributed by atoms with Crippen LogP contribution in [0.15, 0.2) is 0 Å². The number of aryl methyl sites for hydroxylation is 1. The first kappa shape index (κ1) is 12.0. The van der Waals surface area contributed by atoms with Gasteiger partial charge in [-0.25, -0.2) is 9.78 Å². The van der Waals surface area contributed by atoms with Crippen molar-refractivity contribution in [3.63, 3.8) is 0 Å². The molecule has 0 bridgehead atoms. The van der Waals surface area contributed by atoms with E-state index >= 15 is 0 Å². The maximum atomic E-state index is 11.0. The fraction of sp³-hybridized carbons (Fsp3) is 0.545. The van der Waals surface area contributed by atoms with Crippen LogP contribution in [0, 0.1) is 5.41 Å². The van der Waals surface area contributed by atoms with E-state index in [0.717, 1.165) is 29.8 Å². The molecule has 1 aliphatic carbocycles. The Balaban J connectivity index is 2.16. The third kappa shape index (κ3) is 2.63. The Morgan fingerprint density at radius 1 is 1.47 bits per heavy atom. The molecule has 2 N–H and O–H groups in total. The molecular weight excluding hydrogens is 240 g/mol. The van der Waals surface area contributed by atoms with Crippen LogP contribution in [-0.2, 0) is 22.4 Å². The number of nitrogens with zero attached hydrogens (tertiary/aromatic N) is 1. The molecule has 0 fully saturated rings. The van der Waals surface area contributed by atoms with Gasteiger partial charge >= 0.3 is 11.9 Å². The van der Waals surface area contributed by atoms with Crippen LogP contribution in [0.3, 0.4) is 0 Å². The highest BCUT2D eigenvalue weighted by molar-refractivity contribution is 7.16. The van der Waals surface area contributed by atoms with Crippen molar-refractivity contribution in [2.24, 2.45) is 5.41 Å². The summed E-state index contributed by atoms with van der Waals surface area (Å²) in [6, 6.07) is 0. The lowest BCUT2D eigenvalue weighted by Gasteiger charge is -2.28. The summed E-state index contributed by atoms with van der Waals surface area (Å²) in [7, 11) is 0. The number of hydrogen-bond acceptors (Lipinski definition) is 4. The van der Waals surface area contributed by atoms with Gasteiger partial charge in [0.1, 0.15) is 0 Å². The molecule has 92 valence electrons. The van der Waals surface area contributed by atoms with E-state index in [0.29, 0.717) is 5.13 Å². The zero-order valence-corrected chi connectivity index (χ0v) is 10.6. The second-order valence-electron chi connectivity index (χ2n) is 4.99. The minimum atomic E-state index is -1.49. The van der Waals surface area contributed by atoms with E-state index in [1.807, 2.05) is 0 Å². The van der Waals surface area contributed by atoms with Gasteiger partial charge in [0, 0.05) is 4.88 Å². The minimum absolute atomic E-state index is 0.258. The molecule has 1 aromatic rings.